The van der Waals surface area contributed by atoms with Gasteiger partial charge in [0.1, 0.15) is 11.6 Å². The fourth-order valence-corrected chi connectivity index (χ4v) is 1.86. The lowest BCUT2D eigenvalue weighted by atomic mass is 10.2. The minimum Gasteiger partial charge on any atom is -0.385 e. The summed E-state index contributed by atoms with van der Waals surface area (Å²) in [4.78, 5) is 4.41. The molecule has 0 bridgehead atoms. The van der Waals surface area contributed by atoms with Gasteiger partial charge >= 0.3 is 0 Å². The predicted molar refractivity (Wildman–Crippen MR) is 65.0 cm³/mol. The maximum atomic E-state index is 5.96. The summed E-state index contributed by atoms with van der Waals surface area (Å²) in [7, 11) is 0. The van der Waals surface area contributed by atoms with Gasteiger partial charge in [-0.25, -0.2) is 4.98 Å². The van der Waals surface area contributed by atoms with Gasteiger partial charge in [0, 0.05) is 5.56 Å². The van der Waals surface area contributed by atoms with E-state index in [9.17, 15) is 0 Å². The Morgan fingerprint density at radius 3 is 2.56 bits per heavy atom. The van der Waals surface area contributed by atoms with Crippen LogP contribution in [-0.4, -0.2) is 9.38 Å². The molecule has 0 aliphatic heterocycles. The fourth-order valence-electron chi connectivity index (χ4n) is 1.86. The average Bonchev–Trinajstić information content (AvgIpc) is 2.75. The van der Waals surface area contributed by atoms with Crippen LogP contribution in [0.2, 0.25) is 0 Å². The lowest BCUT2D eigenvalue weighted by Gasteiger charge is -2.04. The molecule has 0 aliphatic carbocycles. The van der Waals surface area contributed by atoms with Crippen LogP contribution in [0, 0.1) is 0 Å². The van der Waals surface area contributed by atoms with Crippen molar-refractivity contribution >= 4 is 11.3 Å². The summed E-state index contributed by atoms with van der Waals surface area (Å²) in [5.74, 6) is 1.59. The molecule has 0 spiro atoms. The summed E-state index contributed by atoms with van der Waals surface area (Å²) < 4.78 is 1.95. The first-order valence-electron chi connectivity index (χ1n) is 5.13. The van der Waals surface area contributed by atoms with Crippen LogP contribution in [0.5, 0.6) is 0 Å². The highest BCUT2D eigenvalue weighted by atomic mass is 15.1. The van der Waals surface area contributed by atoms with E-state index in [1.807, 2.05) is 59.1 Å². The summed E-state index contributed by atoms with van der Waals surface area (Å²) in [6.45, 7) is 0. The number of hydrogen-bond donors (Lipinski definition) is 1. The predicted octanol–water partition coefficient (Wildman–Crippen LogP) is 2.58. The number of fused-ring (bicyclic) bond motifs is 1. The molecule has 2 aromatic heterocycles. The third-order valence-corrected chi connectivity index (χ3v) is 2.61. The van der Waals surface area contributed by atoms with Crippen molar-refractivity contribution in [3.8, 4) is 11.4 Å². The first kappa shape index (κ1) is 8.97. The molecule has 0 saturated carbocycles. The van der Waals surface area contributed by atoms with Gasteiger partial charge in [0.2, 0.25) is 0 Å². The van der Waals surface area contributed by atoms with Crippen molar-refractivity contribution in [2.45, 2.75) is 0 Å². The van der Waals surface area contributed by atoms with Gasteiger partial charge in [0.05, 0.1) is 11.7 Å². The van der Waals surface area contributed by atoms with E-state index in [1.165, 1.54) is 0 Å². The van der Waals surface area contributed by atoms with Crippen LogP contribution in [0.1, 0.15) is 0 Å². The topological polar surface area (TPSA) is 43.3 Å². The van der Waals surface area contributed by atoms with Gasteiger partial charge in [-0.1, -0.05) is 36.4 Å². The summed E-state index contributed by atoms with van der Waals surface area (Å²) in [6.07, 6.45) is 1.83. The summed E-state index contributed by atoms with van der Waals surface area (Å²) >= 11 is 0. The Balaban J connectivity index is 2.33. The second kappa shape index (κ2) is 3.38. The molecule has 0 aliphatic rings. The molecule has 0 radical (unpaired) electrons. The van der Waals surface area contributed by atoms with Crippen molar-refractivity contribution in [1.29, 1.82) is 0 Å². The van der Waals surface area contributed by atoms with Crippen LogP contribution in [0.25, 0.3) is 16.9 Å². The zero-order chi connectivity index (χ0) is 11.0. The molecule has 0 fully saturated rings. The molecule has 2 N–H and O–H groups in total. The smallest absolute Gasteiger partial charge is 0.146 e. The Morgan fingerprint density at radius 1 is 0.938 bits per heavy atom. The number of nitrogen functional groups attached to an aromatic ring is 1. The molecule has 16 heavy (non-hydrogen) atoms. The molecule has 0 atom stereocenters. The maximum absolute atomic E-state index is 5.96. The zero-order valence-corrected chi connectivity index (χ0v) is 8.67. The highest BCUT2D eigenvalue weighted by Crippen LogP contribution is 2.21. The molecule has 3 nitrogen and oxygen atoms in total. The molecule has 0 unspecified atom stereocenters. The van der Waals surface area contributed by atoms with E-state index in [4.69, 9.17) is 5.73 Å². The van der Waals surface area contributed by atoms with Crippen molar-refractivity contribution in [3.05, 3.63) is 54.7 Å². The van der Waals surface area contributed by atoms with E-state index in [2.05, 4.69) is 4.98 Å². The van der Waals surface area contributed by atoms with Crippen LogP contribution in [0.3, 0.4) is 0 Å². The van der Waals surface area contributed by atoms with Crippen molar-refractivity contribution < 1.29 is 0 Å². The number of anilines is 1. The van der Waals surface area contributed by atoms with Gasteiger partial charge in [-0.15, -0.1) is 0 Å². The van der Waals surface area contributed by atoms with E-state index in [1.54, 1.807) is 0 Å². The maximum Gasteiger partial charge on any atom is 0.146 e. The van der Waals surface area contributed by atoms with E-state index in [0.717, 1.165) is 16.9 Å². The van der Waals surface area contributed by atoms with Crippen LogP contribution in [0.4, 0.5) is 5.82 Å². The van der Waals surface area contributed by atoms with Crippen molar-refractivity contribution in [2.75, 3.05) is 5.73 Å². The number of hydrogen-bond acceptors (Lipinski definition) is 2. The molecule has 3 heteroatoms. The molecule has 3 rings (SSSR count). The van der Waals surface area contributed by atoms with Crippen LogP contribution in [-0.2, 0) is 0 Å². The Morgan fingerprint density at radius 2 is 1.75 bits per heavy atom. The van der Waals surface area contributed by atoms with Gasteiger partial charge in [-0.05, 0) is 12.1 Å². The molecular formula is C13H11N3. The van der Waals surface area contributed by atoms with Crippen LogP contribution >= 0.6 is 0 Å². The normalized spacial score (nSPS) is 10.8. The quantitative estimate of drug-likeness (QED) is 0.669. The van der Waals surface area contributed by atoms with E-state index < -0.39 is 0 Å². The fraction of sp³-hybridized carbons (Fsp3) is 0. The molecule has 0 saturated heterocycles. The molecule has 2 heterocycles. The summed E-state index contributed by atoms with van der Waals surface area (Å²) in [6, 6.07) is 15.8. The lowest BCUT2D eigenvalue weighted by Crippen LogP contribution is -1.97. The minimum atomic E-state index is 0.703. The van der Waals surface area contributed by atoms with Gasteiger partial charge in [0.15, 0.2) is 0 Å². The van der Waals surface area contributed by atoms with Gasteiger partial charge in [0.25, 0.3) is 0 Å². The second-order valence-corrected chi connectivity index (χ2v) is 3.66. The Bertz CT molecular complexity index is 626. The number of aromatic nitrogens is 2. The van der Waals surface area contributed by atoms with E-state index in [-0.39, 0.29) is 0 Å². The third-order valence-electron chi connectivity index (χ3n) is 2.61. The zero-order valence-electron chi connectivity index (χ0n) is 8.67. The van der Waals surface area contributed by atoms with Gasteiger partial charge in [-0.3, -0.25) is 4.40 Å². The van der Waals surface area contributed by atoms with Gasteiger partial charge < -0.3 is 5.73 Å². The largest absolute Gasteiger partial charge is 0.385 e. The SMILES string of the molecule is Nc1cccc2cnc(-c3ccccc3)n12. The van der Waals surface area contributed by atoms with E-state index in [0.29, 0.717) is 5.82 Å². The summed E-state index contributed by atoms with van der Waals surface area (Å²) in [5.41, 5.74) is 8.04. The number of nitrogens with two attached hydrogens (primary N) is 1. The van der Waals surface area contributed by atoms with Crippen molar-refractivity contribution in [3.63, 3.8) is 0 Å². The van der Waals surface area contributed by atoms with E-state index >= 15 is 0 Å². The third kappa shape index (κ3) is 1.26. The molecule has 0 amide bonds. The summed E-state index contributed by atoms with van der Waals surface area (Å²) in [5, 5.41) is 0. The number of rotatable bonds is 1. The molecule has 1 aromatic carbocycles. The number of imidazole rings is 1. The molecular weight excluding hydrogens is 198 g/mol. The number of nitrogens with zero attached hydrogens (tertiary/aromatic N) is 2. The lowest BCUT2D eigenvalue weighted by molar-refractivity contribution is 1.17. The van der Waals surface area contributed by atoms with Gasteiger partial charge in [-0.2, -0.15) is 0 Å². The monoisotopic (exact) mass is 209 g/mol. The average molecular weight is 209 g/mol. The highest BCUT2D eigenvalue weighted by Gasteiger charge is 2.06. The first-order valence-corrected chi connectivity index (χ1v) is 5.13. The second-order valence-electron chi connectivity index (χ2n) is 3.66. The Kier molecular flexibility index (Phi) is 1.90. The highest BCUT2D eigenvalue weighted by molar-refractivity contribution is 5.65. The Labute approximate surface area is 93.2 Å². The van der Waals surface area contributed by atoms with Crippen molar-refractivity contribution in [2.24, 2.45) is 0 Å². The van der Waals surface area contributed by atoms with Crippen LogP contribution in [0.15, 0.2) is 54.7 Å². The van der Waals surface area contributed by atoms with Crippen LogP contribution < -0.4 is 5.73 Å². The van der Waals surface area contributed by atoms with Crippen molar-refractivity contribution in [1.82, 2.24) is 9.38 Å². The first-order chi connectivity index (χ1) is 7.86. The number of pyridine rings is 1. The Hall–Kier alpha value is -2.29. The molecule has 78 valence electrons. The standard InChI is InChI=1S/C13H11N3/c14-12-8-4-7-11-9-15-13(16(11)12)10-5-2-1-3-6-10/h1-9H,14H2. The minimum absolute atomic E-state index is 0.703. The number of benzene rings is 1. The molecule has 3 aromatic rings.